The second-order valence-electron chi connectivity index (χ2n) is 8.76. The van der Waals surface area contributed by atoms with E-state index in [1.165, 1.54) is 36.3 Å². The molecule has 0 aliphatic heterocycles. The highest BCUT2D eigenvalue weighted by Crippen LogP contribution is 2.35. The number of carbonyl (C=O) groups is 2. The Morgan fingerprint density at radius 3 is 2.31 bits per heavy atom. The van der Waals surface area contributed by atoms with Crippen LogP contribution in [0, 0.1) is 0 Å². The molecule has 0 saturated carbocycles. The van der Waals surface area contributed by atoms with Gasteiger partial charge in [-0.25, -0.2) is 8.42 Å². The van der Waals surface area contributed by atoms with Crippen molar-refractivity contribution in [1.82, 2.24) is 10.2 Å². The first kappa shape index (κ1) is 30.3. The number of halogens is 2. The van der Waals surface area contributed by atoms with Crippen molar-refractivity contribution in [1.29, 1.82) is 0 Å². The quantitative estimate of drug-likeness (QED) is 0.314. The predicted octanol–water partition coefficient (Wildman–Crippen LogP) is 5.14. The van der Waals surface area contributed by atoms with Gasteiger partial charge in [0.1, 0.15) is 18.3 Å². The van der Waals surface area contributed by atoms with Crippen molar-refractivity contribution in [3.05, 3.63) is 88.4 Å². The molecule has 3 rings (SSSR count). The van der Waals surface area contributed by atoms with Gasteiger partial charge in [-0.2, -0.15) is 0 Å². The molecule has 8 nitrogen and oxygen atoms in total. The first-order valence-corrected chi connectivity index (χ1v) is 14.5. The van der Waals surface area contributed by atoms with Crippen LogP contribution in [0.2, 0.25) is 10.0 Å². The summed E-state index contributed by atoms with van der Waals surface area (Å²) in [4.78, 5) is 28.2. The maximum Gasteiger partial charge on any atom is 0.264 e. The molecule has 1 atom stereocenters. The highest BCUT2D eigenvalue weighted by molar-refractivity contribution is 7.92. The van der Waals surface area contributed by atoms with Crippen molar-refractivity contribution in [2.45, 2.75) is 37.8 Å². The fraction of sp³-hybridized carbons (Fsp3) is 0.286. The van der Waals surface area contributed by atoms with Crippen molar-refractivity contribution >= 4 is 50.7 Å². The predicted molar refractivity (Wildman–Crippen MR) is 154 cm³/mol. The number of ether oxygens (including phenoxy) is 1. The summed E-state index contributed by atoms with van der Waals surface area (Å²) in [5.74, 6) is -0.748. The van der Waals surface area contributed by atoms with Crippen LogP contribution in [0.4, 0.5) is 5.69 Å². The van der Waals surface area contributed by atoms with Gasteiger partial charge in [-0.15, -0.1) is 0 Å². The minimum atomic E-state index is -4.25. The highest BCUT2D eigenvalue weighted by Gasteiger charge is 2.33. The van der Waals surface area contributed by atoms with Crippen LogP contribution in [0.3, 0.4) is 0 Å². The topological polar surface area (TPSA) is 96.0 Å². The van der Waals surface area contributed by atoms with E-state index in [1.54, 1.807) is 55.5 Å². The molecule has 3 aromatic carbocycles. The Balaban J connectivity index is 2.08. The molecule has 2 amide bonds. The summed E-state index contributed by atoms with van der Waals surface area (Å²) in [5, 5.41) is 3.53. The fourth-order valence-electron chi connectivity index (χ4n) is 3.90. The van der Waals surface area contributed by atoms with E-state index >= 15 is 0 Å². The number of anilines is 1. The van der Waals surface area contributed by atoms with Gasteiger partial charge in [0, 0.05) is 23.1 Å². The molecule has 0 aliphatic rings. The van der Waals surface area contributed by atoms with Crippen LogP contribution in [0.5, 0.6) is 5.75 Å². The molecule has 1 N–H and O–H groups in total. The van der Waals surface area contributed by atoms with Gasteiger partial charge in [0.2, 0.25) is 11.8 Å². The maximum absolute atomic E-state index is 13.9. The number of methoxy groups -OCH3 is 1. The molecule has 39 heavy (non-hydrogen) atoms. The molecule has 0 aliphatic carbocycles. The molecule has 11 heteroatoms. The number of sulfonamides is 1. The lowest BCUT2D eigenvalue weighted by atomic mass is 10.1. The van der Waals surface area contributed by atoms with Crippen molar-refractivity contribution in [3.8, 4) is 5.75 Å². The fourth-order valence-corrected chi connectivity index (χ4v) is 5.72. The number of hydrogen-bond acceptors (Lipinski definition) is 5. The van der Waals surface area contributed by atoms with Crippen molar-refractivity contribution < 1.29 is 22.7 Å². The number of rotatable bonds is 12. The van der Waals surface area contributed by atoms with E-state index in [2.05, 4.69) is 5.32 Å². The third-order valence-corrected chi connectivity index (χ3v) is 8.22. The van der Waals surface area contributed by atoms with Gasteiger partial charge >= 0.3 is 0 Å². The molecule has 0 radical (unpaired) electrons. The lowest BCUT2D eigenvalue weighted by molar-refractivity contribution is -0.139. The van der Waals surface area contributed by atoms with Crippen LogP contribution in [0.15, 0.2) is 77.7 Å². The average Bonchev–Trinajstić information content (AvgIpc) is 2.93. The zero-order chi connectivity index (χ0) is 28.6. The minimum absolute atomic E-state index is 0.0186. The summed E-state index contributed by atoms with van der Waals surface area (Å²) in [7, 11) is -2.85. The monoisotopic (exact) mass is 591 g/mol. The van der Waals surface area contributed by atoms with Crippen molar-refractivity contribution in [2.24, 2.45) is 0 Å². The smallest absolute Gasteiger partial charge is 0.264 e. The van der Waals surface area contributed by atoms with E-state index in [1.807, 2.05) is 6.92 Å². The molecule has 0 fully saturated rings. The van der Waals surface area contributed by atoms with Gasteiger partial charge in [0.15, 0.2) is 0 Å². The zero-order valence-corrected chi connectivity index (χ0v) is 24.3. The molecular weight excluding hydrogens is 561 g/mol. The number of hydrogen-bond donors (Lipinski definition) is 1. The average molecular weight is 593 g/mol. The minimum Gasteiger partial charge on any atom is -0.495 e. The normalized spacial score (nSPS) is 11.9. The third-order valence-electron chi connectivity index (χ3n) is 5.98. The van der Waals surface area contributed by atoms with E-state index in [0.717, 1.165) is 10.7 Å². The van der Waals surface area contributed by atoms with Gasteiger partial charge in [-0.3, -0.25) is 13.9 Å². The van der Waals surface area contributed by atoms with Gasteiger partial charge in [0.25, 0.3) is 10.0 Å². The number of amides is 2. The maximum atomic E-state index is 13.9. The molecule has 0 bridgehead atoms. The lowest BCUT2D eigenvalue weighted by Gasteiger charge is -2.32. The van der Waals surface area contributed by atoms with Crippen LogP contribution >= 0.6 is 23.2 Å². The summed E-state index contributed by atoms with van der Waals surface area (Å²) in [6, 6.07) is 18.3. The number of carbonyl (C=O) groups excluding carboxylic acids is 2. The molecule has 0 aromatic heterocycles. The summed E-state index contributed by atoms with van der Waals surface area (Å²) in [6.07, 6.45) is 0.721. The summed E-state index contributed by atoms with van der Waals surface area (Å²) >= 11 is 12.4. The molecule has 0 heterocycles. The number of benzene rings is 3. The zero-order valence-electron chi connectivity index (χ0n) is 21.9. The van der Waals surface area contributed by atoms with E-state index in [9.17, 15) is 18.0 Å². The first-order chi connectivity index (χ1) is 18.6. The number of nitrogens with zero attached hydrogens (tertiary/aromatic N) is 2. The van der Waals surface area contributed by atoms with Crippen molar-refractivity contribution in [2.75, 3.05) is 24.5 Å². The van der Waals surface area contributed by atoms with Gasteiger partial charge in [-0.05, 0) is 61.4 Å². The highest BCUT2D eigenvalue weighted by atomic mass is 35.5. The Kier molecular flexibility index (Phi) is 10.6. The molecule has 3 aromatic rings. The molecule has 0 spiro atoms. The van der Waals surface area contributed by atoms with Gasteiger partial charge in [0.05, 0.1) is 17.7 Å². The largest absolute Gasteiger partial charge is 0.495 e. The standard InChI is InChI=1S/C28H31Cl2N3O5S/c1-4-15-31-28(35)20(2)32(18-21-9-8-10-22(29)16-21)27(34)19-33(25-17-23(30)13-14-26(25)38-3)39(36,37)24-11-6-5-7-12-24/h5-14,16-17,20H,4,15,18-19H2,1-3H3,(H,31,35)/t20-/m1/s1. The van der Waals surface area contributed by atoms with Crippen molar-refractivity contribution in [3.63, 3.8) is 0 Å². The second kappa shape index (κ2) is 13.7. The molecule has 0 saturated heterocycles. The Morgan fingerprint density at radius 1 is 0.974 bits per heavy atom. The van der Waals surface area contributed by atoms with E-state index in [0.29, 0.717) is 17.1 Å². The van der Waals surface area contributed by atoms with Crippen LogP contribution in [0.25, 0.3) is 0 Å². The van der Waals surface area contributed by atoms with Crippen LogP contribution < -0.4 is 14.4 Å². The third kappa shape index (κ3) is 7.65. The Labute approximate surface area is 239 Å². The van der Waals surface area contributed by atoms with E-state index < -0.39 is 28.5 Å². The van der Waals surface area contributed by atoms with Crippen LogP contribution in [0.1, 0.15) is 25.8 Å². The van der Waals surface area contributed by atoms with E-state index in [4.69, 9.17) is 27.9 Å². The summed E-state index contributed by atoms with van der Waals surface area (Å²) in [6.45, 7) is 3.39. The summed E-state index contributed by atoms with van der Waals surface area (Å²) in [5.41, 5.74) is 0.775. The Bertz CT molecular complexity index is 1400. The first-order valence-electron chi connectivity index (χ1n) is 12.3. The van der Waals surface area contributed by atoms with Crippen LogP contribution in [-0.2, 0) is 26.2 Å². The lowest BCUT2D eigenvalue weighted by Crippen LogP contribution is -2.51. The molecule has 0 unspecified atom stereocenters. The Hall–Kier alpha value is -3.27. The SMILES string of the molecule is CCCNC(=O)[C@@H](C)N(Cc1cccc(Cl)c1)C(=O)CN(c1cc(Cl)ccc1OC)S(=O)(=O)c1ccccc1. The van der Waals surface area contributed by atoms with E-state index in [-0.39, 0.29) is 33.8 Å². The molecule has 208 valence electrons. The van der Waals surface area contributed by atoms with Gasteiger partial charge < -0.3 is 15.0 Å². The second-order valence-corrected chi connectivity index (χ2v) is 11.5. The summed E-state index contributed by atoms with van der Waals surface area (Å²) < 4.78 is 34.1. The number of nitrogens with one attached hydrogen (secondary N) is 1. The van der Waals surface area contributed by atoms with Crippen LogP contribution in [-0.4, -0.2) is 51.4 Å². The van der Waals surface area contributed by atoms with Gasteiger partial charge in [-0.1, -0.05) is 60.5 Å². The molecular formula is C28H31Cl2N3O5S. The Morgan fingerprint density at radius 2 is 1.67 bits per heavy atom.